The van der Waals surface area contributed by atoms with E-state index in [0.29, 0.717) is 17.8 Å². The zero-order valence-electron chi connectivity index (χ0n) is 24.3. The van der Waals surface area contributed by atoms with Crippen LogP contribution in [0.4, 0.5) is 0 Å². The molecule has 0 amide bonds. The van der Waals surface area contributed by atoms with Gasteiger partial charge in [-0.3, -0.25) is 9.69 Å². The predicted octanol–water partition coefficient (Wildman–Crippen LogP) is 6.65. The summed E-state index contributed by atoms with van der Waals surface area (Å²) in [5.41, 5.74) is 4.58. The van der Waals surface area contributed by atoms with Gasteiger partial charge in [-0.2, -0.15) is 5.26 Å². The first-order chi connectivity index (χ1) is 19.5. The second kappa shape index (κ2) is 13.8. The SMILES string of the molecule is Cc1cc(CCCC2CCN(CC3CN(C(C(=O)O)C4CCCCC4)CC3c3ccccc3)CC2)ccc1C#N. The van der Waals surface area contributed by atoms with Crippen molar-refractivity contribution in [2.24, 2.45) is 17.8 Å². The number of nitrogens with zero attached hydrogens (tertiary/aromatic N) is 3. The maximum atomic E-state index is 12.5. The van der Waals surface area contributed by atoms with Crippen molar-refractivity contribution in [3.63, 3.8) is 0 Å². The van der Waals surface area contributed by atoms with Crippen LogP contribution in [0.1, 0.15) is 86.0 Å². The van der Waals surface area contributed by atoms with E-state index in [1.54, 1.807) is 0 Å². The van der Waals surface area contributed by atoms with E-state index in [1.807, 2.05) is 13.0 Å². The van der Waals surface area contributed by atoms with Crippen LogP contribution in [0.25, 0.3) is 0 Å². The fourth-order valence-electron chi connectivity index (χ4n) is 7.89. The van der Waals surface area contributed by atoms with Crippen molar-refractivity contribution in [3.8, 4) is 6.07 Å². The molecule has 5 heteroatoms. The van der Waals surface area contributed by atoms with E-state index >= 15 is 0 Å². The van der Waals surface area contributed by atoms with Crippen LogP contribution in [0.15, 0.2) is 48.5 Å². The number of carbonyl (C=O) groups is 1. The fourth-order valence-corrected chi connectivity index (χ4v) is 7.89. The van der Waals surface area contributed by atoms with Gasteiger partial charge in [-0.15, -0.1) is 0 Å². The molecule has 5 rings (SSSR count). The first-order valence-corrected chi connectivity index (χ1v) is 15.8. The lowest BCUT2D eigenvalue weighted by Crippen LogP contribution is -2.46. The van der Waals surface area contributed by atoms with Crippen molar-refractivity contribution in [2.45, 2.75) is 83.1 Å². The third kappa shape index (κ3) is 7.14. The van der Waals surface area contributed by atoms with E-state index in [2.05, 4.69) is 58.3 Å². The number of rotatable bonds is 10. The summed E-state index contributed by atoms with van der Waals surface area (Å²) in [4.78, 5) is 17.5. The van der Waals surface area contributed by atoms with Gasteiger partial charge >= 0.3 is 5.97 Å². The van der Waals surface area contributed by atoms with E-state index in [1.165, 1.54) is 56.1 Å². The molecule has 1 N–H and O–H groups in total. The highest BCUT2D eigenvalue weighted by molar-refractivity contribution is 5.74. The lowest BCUT2D eigenvalue weighted by Gasteiger charge is -2.35. The molecular formula is C35H47N3O2. The molecule has 5 nitrogen and oxygen atoms in total. The lowest BCUT2D eigenvalue weighted by atomic mass is 9.83. The molecule has 2 aliphatic heterocycles. The Morgan fingerprint density at radius 3 is 2.45 bits per heavy atom. The Morgan fingerprint density at radius 1 is 1.02 bits per heavy atom. The van der Waals surface area contributed by atoms with Crippen LogP contribution in [-0.4, -0.2) is 59.6 Å². The van der Waals surface area contributed by atoms with Gasteiger partial charge in [0.25, 0.3) is 0 Å². The molecule has 0 radical (unpaired) electrons. The summed E-state index contributed by atoms with van der Waals surface area (Å²) in [6.45, 7) is 7.18. The number of hydrogen-bond acceptors (Lipinski definition) is 4. The maximum Gasteiger partial charge on any atom is 0.321 e. The highest BCUT2D eigenvalue weighted by atomic mass is 16.4. The number of carboxylic acids is 1. The van der Waals surface area contributed by atoms with Crippen LogP contribution in [-0.2, 0) is 11.2 Å². The maximum absolute atomic E-state index is 12.5. The first kappa shape index (κ1) is 28.8. The summed E-state index contributed by atoms with van der Waals surface area (Å²) in [6.07, 6.45) is 11.8. The minimum Gasteiger partial charge on any atom is -0.480 e. The van der Waals surface area contributed by atoms with Crippen LogP contribution >= 0.6 is 0 Å². The molecule has 3 atom stereocenters. The van der Waals surface area contributed by atoms with E-state index < -0.39 is 5.97 Å². The Morgan fingerprint density at radius 2 is 1.77 bits per heavy atom. The monoisotopic (exact) mass is 541 g/mol. The van der Waals surface area contributed by atoms with E-state index in [0.717, 1.165) is 69.0 Å². The molecule has 40 heavy (non-hydrogen) atoms. The third-order valence-electron chi connectivity index (χ3n) is 10.1. The van der Waals surface area contributed by atoms with Gasteiger partial charge in [-0.25, -0.2) is 0 Å². The average molecular weight is 542 g/mol. The third-order valence-corrected chi connectivity index (χ3v) is 10.1. The van der Waals surface area contributed by atoms with Crippen LogP contribution < -0.4 is 0 Å². The molecule has 214 valence electrons. The Bertz CT molecular complexity index is 1140. The van der Waals surface area contributed by atoms with Crippen molar-refractivity contribution in [3.05, 3.63) is 70.8 Å². The minimum absolute atomic E-state index is 0.297. The molecule has 1 aliphatic carbocycles. The number of benzene rings is 2. The Labute approximate surface area is 241 Å². The number of aliphatic carboxylic acids is 1. The molecule has 0 bridgehead atoms. The first-order valence-electron chi connectivity index (χ1n) is 15.8. The van der Waals surface area contributed by atoms with Crippen LogP contribution in [0.3, 0.4) is 0 Å². The molecule has 0 spiro atoms. The van der Waals surface area contributed by atoms with E-state index in [4.69, 9.17) is 0 Å². The molecule has 2 aromatic carbocycles. The summed E-state index contributed by atoms with van der Waals surface area (Å²) in [5.74, 6) is 1.36. The largest absolute Gasteiger partial charge is 0.480 e. The predicted molar refractivity (Wildman–Crippen MR) is 160 cm³/mol. The smallest absolute Gasteiger partial charge is 0.321 e. The van der Waals surface area contributed by atoms with Crippen LogP contribution in [0, 0.1) is 36.0 Å². The standard InChI is InChI=1S/C35H47N3O2/c1-26-21-28(15-16-31(26)22-36)10-8-9-27-17-19-37(20-18-27)23-32-24-38(25-33(32)29-11-4-2-5-12-29)34(35(39)40)30-13-6-3-7-14-30/h2,4-5,11-12,15-16,21,27,30,32-34H,3,6-10,13-14,17-20,23-25H2,1H3,(H,39,40). The summed E-state index contributed by atoms with van der Waals surface area (Å²) < 4.78 is 0. The van der Waals surface area contributed by atoms with E-state index in [-0.39, 0.29) is 6.04 Å². The molecule has 3 fully saturated rings. The van der Waals surface area contributed by atoms with Gasteiger partial charge < -0.3 is 10.0 Å². The second-order valence-corrected chi connectivity index (χ2v) is 12.8. The molecule has 3 aliphatic rings. The molecule has 3 unspecified atom stereocenters. The second-order valence-electron chi connectivity index (χ2n) is 12.8. The van der Waals surface area contributed by atoms with E-state index in [9.17, 15) is 15.2 Å². The summed E-state index contributed by atoms with van der Waals surface area (Å²) >= 11 is 0. The molecule has 2 saturated heterocycles. The number of piperidine rings is 1. The van der Waals surface area contributed by atoms with Crippen LogP contribution in [0.5, 0.6) is 0 Å². The highest BCUT2D eigenvalue weighted by Crippen LogP contribution is 2.39. The molecule has 2 aromatic rings. The summed E-state index contributed by atoms with van der Waals surface area (Å²) in [5, 5.41) is 19.5. The van der Waals surface area contributed by atoms with Gasteiger partial charge in [-0.1, -0.05) is 68.1 Å². The zero-order chi connectivity index (χ0) is 27.9. The topological polar surface area (TPSA) is 67.6 Å². The van der Waals surface area contributed by atoms with Crippen LogP contribution in [0.2, 0.25) is 0 Å². The Balaban J connectivity index is 1.15. The molecular weight excluding hydrogens is 494 g/mol. The minimum atomic E-state index is -0.614. The van der Waals surface area contributed by atoms with Gasteiger partial charge in [0, 0.05) is 25.6 Å². The lowest BCUT2D eigenvalue weighted by molar-refractivity contribution is -0.145. The number of hydrogen-bond donors (Lipinski definition) is 1. The number of aryl methyl sites for hydroxylation is 2. The molecule has 2 heterocycles. The summed E-state index contributed by atoms with van der Waals surface area (Å²) in [7, 11) is 0. The van der Waals surface area contributed by atoms with Gasteiger partial charge in [0.15, 0.2) is 0 Å². The van der Waals surface area contributed by atoms with Gasteiger partial charge in [0.1, 0.15) is 6.04 Å². The van der Waals surface area contributed by atoms with Crippen molar-refractivity contribution in [2.75, 3.05) is 32.7 Å². The normalized spacial score (nSPS) is 24.1. The average Bonchev–Trinajstić information content (AvgIpc) is 3.38. The Kier molecular flexibility index (Phi) is 9.94. The zero-order valence-corrected chi connectivity index (χ0v) is 24.3. The van der Waals surface area contributed by atoms with Gasteiger partial charge in [-0.05, 0) is 99.0 Å². The van der Waals surface area contributed by atoms with Crippen molar-refractivity contribution in [1.29, 1.82) is 5.26 Å². The van der Waals surface area contributed by atoms with Crippen molar-refractivity contribution in [1.82, 2.24) is 9.80 Å². The Hall–Kier alpha value is -2.68. The number of likely N-dealkylation sites (tertiary alicyclic amines) is 2. The number of carboxylic acid groups (broad SMARTS) is 1. The quantitative estimate of drug-likeness (QED) is 0.365. The van der Waals surface area contributed by atoms with Gasteiger partial charge in [0.05, 0.1) is 11.6 Å². The summed E-state index contributed by atoms with van der Waals surface area (Å²) in [6, 6.07) is 19.0. The molecule has 1 saturated carbocycles. The van der Waals surface area contributed by atoms with Crippen molar-refractivity contribution >= 4 is 5.97 Å². The van der Waals surface area contributed by atoms with Gasteiger partial charge in [0.2, 0.25) is 0 Å². The van der Waals surface area contributed by atoms with Crippen molar-refractivity contribution < 1.29 is 9.90 Å². The molecule has 0 aromatic heterocycles. The number of nitriles is 1. The fraction of sp³-hybridized carbons (Fsp3) is 0.600. The highest BCUT2D eigenvalue weighted by Gasteiger charge is 2.43.